The Kier molecular flexibility index (Phi) is 5.89. The van der Waals surface area contributed by atoms with Crippen molar-refractivity contribution in [3.05, 3.63) is 65.2 Å². The lowest BCUT2D eigenvalue weighted by Crippen LogP contribution is -2.33. The smallest absolute Gasteiger partial charge is 0.119 e. The van der Waals surface area contributed by atoms with Crippen molar-refractivity contribution >= 4 is 0 Å². The fraction of sp³-hybridized carbons (Fsp3) is 0.429. The van der Waals surface area contributed by atoms with E-state index in [9.17, 15) is 0 Å². The molecular formula is C21H28N2O. The third-order valence-corrected chi connectivity index (χ3v) is 4.71. The average Bonchev–Trinajstić information content (AvgIpc) is 2.87. The predicted octanol–water partition coefficient (Wildman–Crippen LogP) is 3.78. The molecule has 2 aromatic rings. The van der Waals surface area contributed by atoms with Gasteiger partial charge in [-0.05, 0) is 55.6 Å². The van der Waals surface area contributed by atoms with Gasteiger partial charge in [-0.15, -0.1) is 0 Å². The molecule has 1 aliphatic rings. The third-order valence-electron chi connectivity index (χ3n) is 4.71. The number of hydrogen-bond acceptors (Lipinski definition) is 3. The van der Waals surface area contributed by atoms with Gasteiger partial charge in [-0.1, -0.05) is 36.4 Å². The molecule has 1 N–H and O–H groups in total. The van der Waals surface area contributed by atoms with Gasteiger partial charge in [0.25, 0.3) is 0 Å². The highest BCUT2D eigenvalue weighted by molar-refractivity contribution is 5.40. The van der Waals surface area contributed by atoms with Crippen molar-refractivity contribution in [2.75, 3.05) is 32.8 Å². The quantitative estimate of drug-likeness (QED) is 0.906. The van der Waals surface area contributed by atoms with E-state index in [1.165, 1.54) is 23.1 Å². The van der Waals surface area contributed by atoms with Gasteiger partial charge in [-0.25, -0.2) is 0 Å². The van der Waals surface area contributed by atoms with Crippen LogP contribution in [0.4, 0.5) is 0 Å². The van der Waals surface area contributed by atoms with Crippen LogP contribution in [0.3, 0.4) is 0 Å². The maximum atomic E-state index is 5.74. The molecule has 1 fully saturated rings. The molecule has 0 amide bonds. The van der Waals surface area contributed by atoms with E-state index in [-0.39, 0.29) is 6.04 Å². The molecule has 1 saturated heterocycles. The van der Waals surface area contributed by atoms with Gasteiger partial charge in [0.2, 0.25) is 0 Å². The minimum Gasteiger partial charge on any atom is -0.494 e. The molecule has 2 aromatic carbocycles. The second-order valence-electron chi connectivity index (χ2n) is 6.40. The van der Waals surface area contributed by atoms with Gasteiger partial charge >= 0.3 is 0 Å². The summed E-state index contributed by atoms with van der Waals surface area (Å²) in [6.45, 7) is 9.29. The Balaban J connectivity index is 2.01. The standard InChI is InChI=1S/C21H28N2O/c1-3-24-19-10-6-9-18(16-19)21(20-11-5-4-8-17(20)2)23-14-7-12-22-13-15-23/h4-6,8-11,16,21-22H,3,7,12-15H2,1-2H3. The van der Waals surface area contributed by atoms with Crippen molar-refractivity contribution in [1.29, 1.82) is 0 Å². The van der Waals surface area contributed by atoms with E-state index >= 15 is 0 Å². The molecule has 1 unspecified atom stereocenters. The summed E-state index contributed by atoms with van der Waals surface area (Å²) in [6, 6.07) is 17.6. The number of ether oxygens (including phenoxy) is 1. The molecule has 0 saturated carbocycles. The summed E-state index contributed by atoms with van der Waals surface area (Å²) >= 11 is 0. The lowest BCUT2D eigenvalue weighted by atomic mass is 9.93. The molecule has 0 spiro atoms. The van der Waals surface area contributed by atoms with E-state index in [0.29, 0.717) is 6.61 Å². The molecule has 0 bridgehead atoms. The summed E-state index contributed by atoms with van der Waals surface area (Å²) in [5.41, 5.74) is 4.06. The van der Waals surface area contributed by atoms with Gasteiger partial charge in [0, 0.05) is 19.6 Å². The van der Waals surface area contributed by atoms with E-state index in [2.05, 4.69) is 59.6 Å². The van der Waals surface area contributed by atoms with Crippen LogP contribution in [0.2, 0.25) is 0 Å². The first-order chi connectivity index (χ1) is 11.8. The lowest BCUT2D eigenvalue weighted by Gasteiger charge is -2.32. The Hall–Kier alpha value is -1.84. The van der Waals surface area contributed by atoms with Crippen LogP contribution in [0.1, 0.15) is 36.1 Å². The minimum atomic E-state index is 0.284. The van der Waals surface area contributed by atoms with Crippen molar-refractivity contribution in [3.8, 4) is 5.75 Å². The van der Waals surface area contributed by atoms with Crippen LogP contribution in [0.5, 0.6) is 5.75 Å². The Morgan fingerprint density at radius 2 is 1.96 bits per heavy atom. The van der Waals surface area contributed by atoms with E-state index in [1.54, 1.807) is 0 Å². The average molecular weight is 324 g/mol. The van der Waals surface area contributed by atoms with Crippen LogP contribution >= 0.6 is 0 Å². The summed E-state index contributed by atoms with van der Waals surface area (Å²) in [5.74, 6) is 0.960. The van der Waals surface area contributed by atoms with Crippen LogP contribution in [0, 0.1) is 6.92 Å². The first-order valence-corrected chi connectivity index (χ1v) is 9.02. The van der Waals surface area contributed by atoms with Gasteiger partial charge in [-0.2, -0.15) is 0 Å². The zero-order chi connectivity index (χ0) is 16.8. The van der Waals surface area contributed by atoms with Crippen molar-refractivity contribution in [3.63, 3.8) is 0 Å². The highest BCUT2D eigenvalue weighted by atomic mass is 16.5. The first-order valence-electron chi connectivity index (χ1n) is 9.02. The Labute approximate surface area is 145 Å². The first kappa shape index (κ1) is 17.0. The van der Waals surface area contributed by atoms with E-state index in [0.717, 1.165) is 31.9 Å². The molecule has 0 aliphatic carbocycles. The molecule has 1 heterocycles. The maximum absolute atomic E-state index is 5.74. The Morgan fingerprint density at radius 3 is 2.79 bits per heavy atom. The minimum absolute atomic E-state index is 0.284. The van der Waals surface area contributed by atoms with E-state index in [4.69, 9.17) is 4.74 Å². The van der Waals surface area contributed by atoms with Crippen molar-refractivity contribution < 1.29 is 4.74 Å². The van der Waals surface area contributed by atoms with Crippen LogP contribution in [-0.2, 0) is 0 Å². The third kappa shape index (κ3) is 3.97. The van der Waals surface area contributed by atoms with Gasteiger partial charge in [0.1, 0.15) is 5.75 Å². The highest BCUT2D eigenvalue weighted by Crippen LogP contribution is 2.32. The Morgan fingerprint density at radius 1 is 1.08 bits per heavy atom. The number of nitrogens with one attached hydrogen (secondary N) is 1. The van der Waals surface area contributed by atoms with Gasteiger partial charge in [-0.3, -0.25) is 4.90 Å². The largest absolute Gasteiger partial charge is 0.494 e. The lowest BCUT2D eigenvalue weighted by molar-refractivity contribution is 0.239. The summed E-state index contributed by atoms with van der Waals surface area (Å²) in [6.07, 6.45) is 1.19. The molecule has 1 aliphatic heterocycles. The van der Waals surface area contributed by atoms with Crippen LogP contribution in [-0.4, -0.2) is 37.7 Å². The summed E-state index contributed by atoms with van der Waals surface area (Å²) in [5, 5.41) is 3.51. The number of nitrogens with zero attached hydrogens (tertiary/aromatic N) is 1. The molecule has 3 nitrogen and oxygen atoms in total. The van der Waals surface area contributed by atoms with Crippen LogP contribution in [0.25, 0.3) is 0 Å². The normalized spacial score (nSPS) is 17.2. The number of hydrogen-bond donors (Lipinski definition) is 1. The molecule has 0 radical (unpaired) electrons. The number of aryl methyl sites for hydroxylation is 1. The summed E-state index contributed by atoms with van der Waals surface area (Å²) in [4.78, 5) is 2.60. The maximum Gasteiger partial charge on any atom is 0.119 e. The predicted molar refractivity (Wildman–Crippen MR) is 99.7 cm³/mol. The topological polar surface area (TPSA) is 24.5 Å². The molecule has 0 aromatic heterocycles. The van der Waals surface area contributed by atoms with Gasteiger partial charge in [0.15, 0.2) is 0 Å². The number of rotatable bonds is 5. The molecule has 3 heteroatoms. The van der Waals surface area contributed by atoms with Crippen molar-refractivity contribution in [2.45, 2.75) is 26.3 Å². The van der Waals surface area contributed by atoms with Crippen LogP contribution in [0.15, 0.2) is 48.5 Å². The molecular weight excluding hydrogens is 296 g/mol. The molecule has 1 atom stereocenters. The van der Waals surface area contributed by atoms with E-state index in [1.807, 2.05) is 13.0 Å². The van der Waals surface area contributed by atoms with Crippen LogP contribution < -0.4 is 10.1 Å². The zero-order valence-corrected chi connectivity index (χ0v) is 14.8. The SMILES string of the molecule is CCOc1cccc(C(c2ccccc2C)N2CCCNCC2)c1. The zero-order valence-electron chi connectivity index (χ0n) is 14.8. The van der Waals surface area contributed by atoms with Crippen molar-refractivity contribution in [2.24, 2.45) is 0 Å². The molecule has 128 valence electrons. The monoisotopic (exact) mass is 324 g/mol. The van der Waals surface area contributed by atoms with Gasteiger partial charge < -0.3 is 10.1 Å². The second kappa shape index (κ2) is 8.32. The van der Waals surface area contributed by atoms with E-state index < -0.39 is 0 Å². The molecule has 24 heavy (non-hydrogen) atoms. The molecule has 3 rings (SSSR count). The number of benzene rings is 2. The fourth-order valence-corrected chi connectivity index (χ4v) is 3.55. The Bertz CT molecular complexity index is 648. The fourth-order valence-electron chi connectivity index (χ4n) is 3.55. The second-order valence-corrected chi connectivity index (χ2v) is 6.40. The summed E-state index contributed by atoms with van der Waals surface area (Å²) < 4.78 is 5.74. The summed E-state index contributed by atoms with van der Waals surface area (Å²) in [7, 11) is 0. The van der Waals surface area contributed by atoms with Crippen molar-refractivity contribution in [1.82, 2.24) is 10.2 Å². The van der Waals surface area contributed by atoms with Gasteiger partial charge in [0.05, 0.1) is 12.6 Å². The highest BCUT2D eigenvalue weighted by Gasteiger charge is 2.24.